The van der Waals surface area contributed by atoms with E-state index in [0.717, 1.165) is 12.1 Å². The largest absolute Gasteiger partial charge is 0.366 e. The van der Waals surface area contributed by atoms with Crippen molar-refractivity contribution in [3.8, 4) is 0 Å². The van der Waals surface area contributed by atoms with Crippen LogP contribution in [0.1, 0.15) is 17.3 Å². The number of hydrogen-bond acceptors (Lipinski definition) is 2. The van der Waals surface area contributed by atoms with Crippen molar-refractivity contribution in [2.45, 2.75) is 13.0 Å². The van der Waals surface area contributed by atoms with Crippen molar-refractivity contribution in [2.75, 3.05) is 6.61 Å². The molecule has 0 aliphatic carbocycles. The highest BCUT2D eigenvalue weighted by Gasteiger charge is 2.16. The molecule has 1 aromatic rings. The van der Waals surface area contributed by atoms with Crippen molar-refractivity contribution in [3.05, 3.63) is 48.1 Å². The summed E-state index contributed by atoms with van der Waals surface area (Å²) < 4.78 is 30.6. The van der Waals surface area contributed by atoms with Crippen molar-refractivity contribution < 1.29 is 18.3 Å². The van der Waals surface area contributed by atoms with E-state index in [9.17, 15) is 13.6 Å². The van der Waals surface area contributed by atoms with Crippen LogP contribution < -0.4 is 0 Å². The molecule has 1 aromatic carbocycles. The van der Waals surface area contributed by atoms with Gasteiger partial charge in [0.1, 0.15) is 6.10 Å². The predicted octanol–water partition coefficient (Wildman–Crippen LogP) is 2.74. The normalized spacial score (nSPS) is 12.2. The van der Waals surface area contributed by atoms with Crippen LogP contribution in [-0.2, 0) is 4.74 Å². The maximum atomic E-state index is 12.9. The van der Waals surface area contributed by atoms with E-state index in [1.54, 1.807) is 6.92 Å². The van der Waals surface area contributed by atoms with Gasteiger partial charge in [0.15, 0.2) is 17.4 Å². The van der Waals surface area contributed by atoms with Gasteiger partial charge in [0.2, 0.25) is 0 Å². The van der Waals surface area contributed by atoms with Gasteiger partial charge in [-0.1, -0.05) is 6.08 Å². The number of halogens is 2. The molecule has 0 spiro atoms. The molecule has 0 heterocycles. The summed E-state index contributed by atoms with van der Waals surface area (Å²) in [5, 5.41) is 0. The van der Waals surface area contributed by atoms with Gasteiger partial charge in [0, 0.05) is 5.56 Å². The van der Waals surface area contributed by atoms with Gasteiger partial charge >= 0.3 is 0 Å². The molecular weight excluding hydrogens is 214 g/mol. The van der Waals surface area contributed by atoms with Crippen LogP contribution in [0.3, 0.4) is 0 Å². The number of carbonyl (C=O) groups excluding carboxylic acids is 1. The highest BCUT2D eigenvalue weighted by atomic mass is 19.2. The molecule has 86 valence electrons. The molecule has 0 saturated carbocycles. The highest BCUT2D eigenvalue weighted by molar-refractivity contribution is 5.99. The molecule has 0 aliphatic rings. The Morgan fingerprint density at radius 2 is 2.19 bits per heavy atom. The first-order valence-electron chi connectivity index (χ1n) is 4.78. The predicted molar refractivity (Wildman–Crippen MR) is 56.3 cm³/mol. The summed E-state index contributed by atoms with van der Waals surface area (Å²) in [7, 11) is 0. The van der Waals surface area contributed by atoms with E-state index < -0.39 is 17.7 Å². The zero-order valence-electron chi connectivity index (χ0n) is 8.87. The van der Waals surface area contributed by atoms with Gasteiger partial charge in [-0.2, -0.15) is 0 Å². The van der Waals surface area contributed by atoms with E-state index >= 15 is 0 Å². The van der Waals surface area contributed by atoms with Gasteiger partial charge in [0.25, 0.3) is 0 Å². The SMILES string of the molecule is C=CCOC(C)C(=O)c1ccc(F)c(F)c1. The molecule has 2 nitrogen and oxygen atoms in total. The van der Waals surface area contributed by atoms with Gasteiger partial charge in [-0.3, -0.25) is 4.79 Å². The van der Waals surface area contributed by atoms with Gasteiger partial charge in [0.05, 0.1) is 6.61 Å². The number of ether oxygens (including phenoxy) is 1. The smallest absolute Gasteiger partial charge is 0.191 e. The van der Waals surface area contributed by atoms with E-state index in [-0.39, 0.29) is 18.0 Å². The van der Waals surface area contributed by atoms with E-state index in [4.69, 9.17) is 4.74 Å². The molecular formula is C12H12F2O2. The van der Waals surface area contributed by atoms with E-state index in [2.05, 4.69) is 6.58 Å². The highest BCUT2D eigenvalue weighted by Crippen LogP contribution is 2.11. The fourth-order valence-electron chi connectivity index (χ4n) is 1.17. The quantitative estimate of drug-likeness (QED) is 0.570. The fraction of sp³-hybridized carbons (Fsp3) is 0.250. The average Bonchev–Trinajstić information content (AvgIpc) is 2.28. The van der Waals surface area contributed by atoms with Gasteiger partial charge in [-0.25, -0.2) is 8.78 Å². The Morgan fingerprint density at radius 1 is 1.50 bits per heavy atom. The van der Waals surface area contributed by atoms with Gasteiger partial charge in [-0.05, 0) is 25.1 Å². The summed E-state index contributed by atoms with van der Waals surface area (Å²) >= 11 is 0. The molecule has 0 amide bonds. The second-order valence-corrected chi connectivity index (χ2v) is 3.26. The summed E-state index contributed by atoms with van der Waals surface area (Å²) in [6, 6.07) is 3.02. The van der Waals surface area contributed by atoms with Gasteiger partial charge in [-0.15, -0.1) is 6.58 Å². The minimum atomic E-state index is -1.04. The minimum Gasteiger partial charge on any atom is -0.366 e. The van der Waals surface area contributed by atoms with Crippen LogP contribution in [0.4, 0.5) is 8.78 Å². The van der Waals surface area contributed by atoms with Crippen LogP contribution in [0.5, 0.6) is 0 Å². The number of carbonyl (C=O) groups is 1. The van der Waals surface area contributed by atoms with E-state index in [1.165, 1.54) is 12.1 Å². The van der Waals surface area contributed by atoms with E-state index in [1.807, 2.05) is 0 Å². The molecule has 0 radical (unpaired) electrons. The molecule has 1 rings (SSSR count). The molecule has 4 heteroatoms. The van der Waals surface area contributed by atoms with Crippen LogP contribution in [0, 0.1) is 11.6 Å². The Labute approximate surface area is 92.5 Å². The lowest BCUT2D eigenvalue weighted by Gasteiger charge is -2.10. The first-order valence-corrected chi connectivity index (χ1v) is 4.78. The Morgan fingerprint density at radius 3 is 2.75 bits per heavy atom. The minimum absolute atomic E-state index is 0.0930. The lowest BCUT2D eigenvalue weighted by molar-refractivity contribution is 0.0566. The third-order valence-electron chi connectivity index (χ3n) is 2.04. The van der Waals surface area contributed by atoms with Crippen molar-refractivity contribution >= 4 is 5.78 Å². The maximum absolute atomic E-state index is 12.9. The molecule has 0 saturated heterocycles. The molecule has 0 aliphatic heterocycles. The summed E-state index contributed by atoms with van der Waals surface area (Å²) in [6.07, 6.45) is 0.803. The molecule has 0 aromatic heterocycles. The van der Waals surface area contributed by atoms with Crippen LogP contribution >= 0.6 is 0 Å². The fourth-order valence-corrected chi connectivity index (χ4v) is 1.17. The number of ketones is 1. The first-order chi connectivity index (χ1) is 7.56. The molecule has 0 fully saturated rings. The third-order valence-corrected chi connectivity index (χ3v) is 2.04. The monoisotopic (exact) mass is 226 g/mol. The van der Waals surface area contributed by atoms with Crippen molar-refractivity contribution in [3.63, 3.8) is 0 Å². The van der Waals surface area contributed by atoms with Crippen LogP contribution in [-0.4, -0.2) is 18.5 Å². The summed E-state index contributed by atoms with van der Waals surface area (Å²) in [4.78, 5) is 11.7. The maximum Gasteiger partial charge on any atom is 0.191 e. The molecule has 0 bridgehead atoms. The summed E-state index contributed by atoms with van der Waals surface area (Å²) in [5.74, 6) is -2.40. The summed E-state index contributed by atoms with van der Waals surface area (Å²) in [6.45, 7) is 5.23. The van der Waals surface area contributed by atoms with Crippen molar-refractivity contribution in [1.29, 1.82) is 0 Å². The van der Waals surface area contributed by atoms with Crippen molar-refractivity contribution in [1.82, 2.24) is 0 Å². The average molecular weight is 226 g/mol. The topological polar surface area (TPSA) is 26.3 Å². The van der Waals surface area contributed by atoms with Crippen LogP contribution in [0.2, 0.25) is 0 Å². The standard InChI is InChI=1S/C12H12F2O2/c1-3-6-16-8(2)12(15)9-4-5-10(13)11(14)7-9/h3-5,7-8H,1,6H2,2H3. The molecule has 0 N–H and O–H groups in total. The van der Waals surface area contributed by atoms with E-state index in [0.29, 0.717) is 0 Å². The molecule has 1 unspecified atom stereocenters. The van der Waals surface area contributed by atoms with Crippen molar-refractivity contribution in [2.24, 2.45) is 0 Å². The number of benzene rings is 1. The zero-order chi connectivity index (χ0) is 12.1. The number of rotatable bonds is 5. The third kappa shape index (κ3) is 2.97. The molecule has 16 heavy (non-hydrogen) atoms. The lowest BCUT2D eigenvalue weighted by Crippen LogP contribution is -2.21. The lowest BCUT2D eigenvalue weighted by atomic mass is 10.1. The van der Waals surface area contributed by atoms with Gasteiger partial charge < -0.3 is 4.74 Å². The Kier molecular flexibility index (Phi) is 4.31. The first kappa shape index (κ1) is 12.5. The molecule has 1 atom stereocenters. The summed E-state index contributed by atoms with van der Waals surface area (Å²) in [5.41, 5.74) is 0.0930. The Hall–Kier alpha value is -1.55. The van der Waals surface area contributed by atoms with Crippen LogP contribution in [0.15, 0.2) is 30.9 Å². The Bertz CT molecular complexity index is 402. The number of Topliss-reactive ketones (excluding diaryl/α,β-unsaturated/α-hetero) is 1. The van der Waals surface area contributed by atoms with Crippen LogP contribution in [0.25, 0.3) is 0 Å². The zero-order valence-corrected chi connectivity index (χ0v) is 8.87. The number of hydrogen-bond donors (Lipinski definition) is 0. The Balaban J connectivity index is 2.79. The second-order valence-electron chi connectivity index (χ2n) is 3.26. The second kappa shape index (κ2) is 5.51.